The van der Waals surface area contributed by atoms with Gasteiger partial charge in [0.25, 0.3) is 5.91 Å². The van der Waals surface area contributed by atoms with E-state index < -0.39 is 0 Å². The molecule has 0 radical (unpaired) electrons. The lowest BCUT2D eigenvalue weighted by molar-refractivity contribution is 0.0699. The molecule has 0 saturated carbocycles. The van der Waals surface area contributed by atoms with E-state index >= 15 is 0 Å². The van der Waals surface area contributed by atoms with Gasteiger partial charge in [-0.3, -0.25) is 14.8 Å². The Morgan fingerprint density at radius 2 is 2.10 bits per heavy atom. The quantitative estimate of drug-likeness (QED) is 0.675. The van der Waals surface area contributed by atoms with Crippen LogP contribution in [0.3, 0.4) is 0 Å². The summed E-state index contributed by atoms with van der Waals surface area (Å²) in [7, 11) is 0. The molecule has 3 heterocycles. The summed E-state index contributed by atoms with van der Waals surface area (Å²) in [6.07, 6.45) is 8.01. The third kappa shape index (κ3) is 4.53. The number of ether oxygens (including phenoxy) is 1. The average molecular weight is 393 g/mol. The first kappa shape index (κ1) is 18.9. The molecule has 1 fully saturated rings. The second kappa shape index (κ2) is 8.30. The zero-order valence-corrected chi connectivity index (χ0v) is 16.0. The number of hydrogen-bond acceptors (Lipinski definition) is 6. The second-order valence-electron chi connectivity index (χ2n) is 6.97. The summed E-state index contributed by atoms with van der Waals surface area (Å²) in [6, 6.07) is 5.86. The number of amides is 1. The van der Waals surface area contributed by atoms with E-state index in [1.807, 2.05) is 6.92 Å². The van der Waals surface area contributed by atoms with E-state index in [1.54, 1.807) is 29.4 Å². The van der Waals surface area contributed by atoms with Crippen molar-refractivity contribution in [2.75, 3.05) is 13.1 Å². The van der Waals surface area contributed by atoms with Gasteiger partial charge in [-0.15, -0.1) is 0 Å². The van der Waals surface area contributed by atoms with Crippen LogP contribution in [0.5, 0.6) is 11.6 Å². The molecular weight excluding hydrogens is 373 g/mol. The fourth-order valence-electron chi connectivity index (χ4n) is 3.33. The van der Waals surface area contributed by atoms with Gasteiger partial charge in [-0.1, -0.05) is 6.07 Å². The first-order valence-corrected chi connectivity index (χ1v) is 9.42. The van der Waals surface area contributed by atoms with Crippen molar-refractivity contribution >= 4 is 5.91 Å². The number of hydrogen-bond donors (Lipinski definition) is 0. The number of carbonyl (C=O) groups is 1. The number of carbonyl (C=O) groups excluding carboxylic acids is 1. The zero-order chi connectivity index (χ0) is 20.2. The van der Waals surface area contributed by atoms with E-state index in [2.05, 4.69) is 19.9 Å². The molecule has 7 nitrogen and oxygen atoms in total. The predicted octanol–water partition coefficient (Wildman–Crippen LogP) is 3.53. The minimum absolute atomic E-state index is 0.0367. The molecule has 8 heteroatoms. The van der Waals surface area contributed by atoms with Gasteiger partial charge in [0.1, 0.15) is 17.3 Å². The maximum Gasteiger partial charge on any atom is 0.274 e. The van der Waals surface area contributed by atoms with Crippen LogP contribution in [-0.4, -0.2) is 43.8 Å². The molecule has 3 aromatic rings. The Hall–Kier alpha value is -3.42. The molecule has 148 valence electrons. The molecule has 1 aliphatic heterocycles. The first-order chi connectivity index (χ1) is 14.1. The van der Waals surface area contributed by atoms with Crippen LogP contribution >= 0.6 is 0 Å². The Balaban J connectivity index is 1.48. The van der Waals surface area contributed by atoms with Gasteiger partial charge in [0, 0.05) is 37.5 Å². The summed E-state index contributed by atoms with van der Waals surface area (Å²) in [5.74, 6) is 0.167. The molecule has 4 rings (SSSR count). The minimum Gasteiger partial charge on any atom is -0.437 e. The van der Waals surface area contributed by atoms with Crippen LogP contribution in [-0.2, 0) is 0 Å². The number of rotatable bonds is 4. The Kier molecular flexibility index (Phi) is 5.41. The van der Waals surface area contributed by atoms with E-state index in [0.29, 0.717) is 30.4 Å². The van der Waals surface area contributed by atoms with Gasteiger partial charge in [0.2, 0.25) is 5.88 Å². The topological polar surface area (TPSA) is 81.1 Å². The summed E-state index contributed by atoms with van der Waals surface area (Å²) < 4.78 is 19.0. The van der Waals surface area contributed by atoms with E-state index in [0.717, 1.165) is 24.2 Å². The molecule has 1 aromatic carbocycles. The number of benzene rings is 1. The fourth-order valence-corrected chi connectivity index (χ4v) is 3.33. The fraction of sp³-hybridized carbons (Fsp3) is 0.286. The van der Waals surface area contributed by atoms with Crippen LogP contribution in [0.1, 0.15) is 40.6 Å². The minimum atomic E-state index is -0.382. The van der Waals surface area contributed by atoms with E-state index in [-0.39, 0.29) is 17.6 Å². The summed E-state index contributed by atoms with van der Waals surface area (Å²) in [5.41, 5.74) is 1.85. The number of aromatic nitrogens is 4. The highest BCUT2D eigenvalue weighted by Crippen LogP contribution is 2.28. The summed E-state index contributed by atoms with van der Waals surface area (Å²) in [4.78, 5) is 31.6. The van der Waals surface area contributed by atoms with E-state index in [4.69, 9.17) is 4.74 Å². The molecule has 0 bridgehead atoms. The van der Waals surface area contributed by atoms with E-state index in [1.165, 1.54) is 24.5 Å². The zero-order valence-electron chi connectivity index (χ0n) is 16.0. The maximum atomic E-state index is 13.4. The van der Waals surface area contributed by atoms with Crippen molar-refractivity contribution in [3.05, 3.63) is 72.0 Å². The normalized spacial score (nSPS) is 16.5. The monoisotopic (exact) mass is 393 g/mol. The van der Waals surface area contributed by atoms with Crippen molar-refractivity contribution in [3.63, 3.8) is 0 Å². The maximum absolute atomic E-state index is 13.4. The number of likely N-dealkylation sites (tertiary alicyclic amines) is 1. The number of nitrogens with zero attached hydrogens (tertiary/aromatic N) is 5. The third-order valence-electron chi connectivity index (χ3n) is 4.78. The first-order valence-electron chi connectivity index (χ1n) is 9.42. The van der Waals surface area contributed by atoms with Gasteiger partial charge in [0.05, 0.1) is 23.8 Å². The van der Waals surface area contributed by atoms with Gasteiger partial charge >= 0.3 is 0 Å². The largest absolute Gasteiger partial charge is 0.437 e. The van der Waals surface area contributed by atoms with Gasteiger partial charge in [0.15, 0.2) is 0 Å². The Morgan fingerprint density at radius 3 is 2.90 bits per heavy atom. The molecule has 1 aliphatic rings. The summed E-state index contributed by atoms with van der Waals surface area (Å²) >= 11 is 0. The number of aryl methyl sites for hydroxylation is 1. The second-order valence-corrected chi connectivity index (χ2v) is 6.97. The molecular formula is C21H20FN5O2. The molecule has 2 aromatic heterocycles. The van der Waals surface area contributed by atoms with E-state index in [9.17, 15) is 9.18 Å². The Bertz CT molecular complexity index is 1010. The molecule has 0 N–H and O–H groups in total. The van der Waals surface area contributed by atoms with Crippen molar-refractivity contribution in [2.45, 2.75) is 25.7 Å². The summed E-state index contributed by atoms with van der Waals surface area (Å²) in [5, 5.41) is 0. The molecule has 0 aliphatic carbocycles. The molecule has 1 saturated heterocycles. The van der Waals surface area contributed by atoms with Crippen molar-refractivity contribution in [1.82, 2.24) is 24.8 Å². The highest BCUT2D eigenvalue weighted by atomic mass is 19.1. The van der Waals surface area contributed by atoms with Crippen LogP contribution in [0.2, 0.25) is 0 Å². The van der Waals surface area contributed by atoms with Crippen LogP contribution in [0, 0.1) is 12.7 Å². The van der Waals surface area contributed by atoms with Gasteiger partial charge < -0.3 is 9.64 Å². The number of piperidine rings is 1. The van der Waals surface area contributed by atoms with Crippen molar-refractivity contribution in [3.8, 4) is 11.6 Å². The SMILES string of the molecule is Cc1cnc(C(=O)N2CCC[C@H](c3cncc(Oc4cccc(F)c4)n3)C2)cn1. The van der Waals surface area contributed by atoms with Crippen molar-refractivity contribution in [2.24, 2.45) is 0 Å². The Labute approximate surface area is 167 Å². The Morgan fingerprint density at radius 1 is 1.21 bits per heavy atom. The standard InChI is InChI=1S/C21H20FN5O2/c1-14-9-25-19(11-24-14)21(28)27-7-3-4-15(13-27)18-10-23-12-20(26-18)29-17-6-2-5-16(22)8-17/h2,5-6,8-12,15H,3-4,7,13H2,1H3/t15-/m0/s1. The van der Waals surface area contributed by atoms with Gasteiger partial charge in [-0.05, 0) is 31.9 Å². The predicted molar refractivity (Wildman–Crippen MR) is 103 cm³/mol. The highest BCUT2D eigenvalue weighted by molar-refractivity contribution is 5.92. The number of halogens is 1. The van der Waals surface area contributed by atoms with Crippen LogP contribution in [0.4, 0.5) is 4.39 Å². The third-order valence-corrected chi connectivity index (χ3v) is 4.78. The van der Waals surface area contributed by atoms with Crippen LogP contribution < -0.4 is 4.74 Å². The average Bonchev–Trinajstić information content (AvgIpc) is 2.74. The van der Waals surface area contributed by atoms with Crippen molar-refractivity contribution < 1.29 is 13.9 Å². The lowest BCUT2D eigenvalue weighted by Gasteiger charge is -2.32. The molecule has 0 unspecified atom stereocenters. The molecule has 29 heavy (non-hydrogen) atoms. The molecule has 1 amide bonds. The van der Waals surface area contributed by atoms with Gasteiger partial charge in [-0.2, -0.15) is 0 Å². The lowest BCUT2D eigenvalue weighted by Crippen LogP contribution is -2.39. The highest BCUT2D eigenvalue weighted by Gasteiger charge is 2.27. The summed E-state index contributed by atoms with van der Waals surface area (Å²) in [6.45, 7) is 3.01. The van der Waals surface area contributed by atoms with Crippen LogP contribution in [0.15, 0.2) is 49.1 Å². The molecule has 0 spiro atoms. The van der Waals surface area contributed by atoms with Crippen LogP contribution in [0.25, 0.3) is 0 Å². The molecule has 1 atom stereocenters. The smallest absolute Gasteiger partial charge is 0.274 e. The van der Waals surface area contributed by atoms with Crippen molar-refractivity contribution in [1.29, 1.82) is 0 Å². The lowest BCUT2D eigenvalue weighted by atomic mass is 9.95. The van der Waals surface area contributed by atoms with Gasteiger partial charge in [-0.25, -0.2) is 14.4 Å².